The fourth-order valence-corrected chi connectivity index (χ4v) is 4.24. The minimum Gasteiger partial charge on any atom is -0.368 e. The quantitative estimate of drug-likeness (QED) is 0.590. The van der Waals surface area contributed by atoms with E-state index in [0.717, 1.165) is 50.5 Å². The third-order valence-electron chi connectivity index (χ3n) is 5.95. The molecule has 32 heavy (non-hydrogen) atoms. The molecule has 0 aromatic carbocycles. The Hall–Kier alpha value is -3.04. The molecule has 0 radical (unpaired) electrons. The second-order valence-corrected chi connectivity index (χ2v) is 8.12. The molecular weight excluding hydrogens is 421 g/mol. The zero-order chi connectivity index (χ0) is 22.9. The van der Waals surface area contributed by atoms with E-state index in [1.807, 2.05) is 24.6 Å². The van der Waals surface area contributed by atoms with Gasteiger partial charge in [-0.3, -0.25) is 13.9 Å². The van der Waals surface area contributed by atoms with Crippen LogP contribution < -0.4 is 10.6 Å². The number of carbonyl (C=O) groups excluding carboxylic acids is 1. The van der Waals surface area contributed by atoms with Crippen molar-refractivity contribution >= 4 is 17.4 Å². The molecule has 0 unspecified atom stereocenters. The summed E-state index contributed by atoms with van der Waals surface area (Å²) in [4.78, 5) is 16.3. The maximum absolute atomic E-state index is 13.0. The Morgan fingerprint density at radius 3 is 2.50 bits per heavy atom. The zero-order valence-electron chi connectivity index (χ0n) is 18.1. The maximum Gasteiger partial charge on any atom is 0.434 e. The number of hydrogen-bond donors (Lipinski definition) is 2. The average molecular weight is 448 g/mol. The standard InChI is InChI=1S/C22H27F3N6O/c1-3-16-12-17(29-31(16)4-2)21(32)27-15-10-8-14(9-11-15)26-19-6-5-7-20-28-18(13-30(19)20)22(23,24)25/h5-7,12-15,26H,3-4,8-11H2,1-2H3,(H,27,32)/t14-,15+. The molecule has 10 heteroatoms. The highest BCUT2D eigenvalue weighted by Gasteiger charge is 2.34. The van der Waals surface area contributed by atoms with Crippen molar-refractivity contribution < 1.29 is 18.0 Å². The molecule has 1 aliphatic carbocycles. The van der Waals surface area contributed by atoms with Crippen molar-refractivity contribution in [2.75, 3.05) is 5.32 Å². The van der Waals surface area contributed by atoms with Crippen LogP contribution in [-0.4, -0.2) is 37.2 Å². The number of aryl methyl sites for hydroxylation is 2. The van der Waals surface area contributed by atoms with Crippen LogP contribution in [0.25, 0.3) is 5.65 Å². The molecule has 0 atom stereocenters. The summed E-state index contributed by atoms with van der Waals surface area (Å²) < 4.78 is 42.3. The third-order valence-corrected chi connectivity index (χ3v) is 5.95. The first-order valence-electron chi connectivity index (χ1n) is 11.0. The van der Waals surface area contributed by atoms with Crippen molar-refractivity contribution in [3.63, 3.8) is 0 Å². The van der Waals surface area contributed by atoms with Crippen LogP contribution in [0.15, 0.2) is 30.5 Å². The lowest BCUT2D eigenvalue weighted by Gasteiger charge is -2.30. The second kappa shape index (κ2) is 8.84. The van der Waals surface area contributed by atoms with E-state index in [4.69, 9.17) is 0 Å². The number of nitrogens with zero attached hydrogens (tertiary/aromatic N) is 4. The molecule has 2 N–H and O–H groups in total. The Bertz CT molecular complexity index is 1070. The van der Waals surface area contributed by atoms with Crippen LogP contribution in [0.1, 0.15) is 61.4 Å². The highest BCUT2D eigenvalue weighted by Crippen LogP contribution is 2.30. The zero-order valence-corrected chi connectivity index (χ0v) is 18.1. The van der Waals surface area contributed by atoms with E-state index in [0.29, 0.717) is 11.5 Å². The Labute approximate surface area is 184 Å². The SMILES string of the molecule is CCc1cc(C(=O)N[C@H]2CC[C@@H](Nc3cccc4nc(C(F)(F)F)cn34)CC2)nn1CC. The van der Waals surface area contributed by atoms with Crippen molar-refractivity contribution in [2.45, 2.75) is 70.8 Å². The predicted octanol–water partition coefficient (Wildman–Crippen LogP) is 4.29. The van der Waals surface area contributed by atoms with Gasteiger partial charge in [0.1, 0.15) is 17.2 Å². The summed E-state index contributed by atoms with van der Waals surface area (Å²) in [6.45, 7) is 4.76. The number of alkyl halides is 3. The van der Waals surface area contributed by atoms with Gasteiger partial charge in [-0.2, -0.15) is 18.3 Å². The maximum atomic E-state index is 13.0. The summed E-state index contributed by atoms with van der Waals surface area (Å²) in [5.74, 6) is 0.418. The fraction of sp³-hybridized carbons (Fsp3) is 0.500. The van der Waals surface area contributed by atoms with E-state index < -0.39 is 11.9 Å². The smallest absolute Gasteiger partial charge is 0.368 e. The van der Waals surface area contributed by atoms with E-state index in [1.165, 1.54) is 4.40 Å². The lowest BCUT2D eigenvalue weighted by atomic mass is 9.91. The number of aromatic nitrogens is 4. The van der Waals surface area contributed by atoms with Gasteiger partial charge in [0, 0.05) is 30.5 Å². The number of carbonyl (C=O) groups is 1. The van der Waals surface area contributed by atoms with Gasteiger partial charge in [0.25, 0.3) is 5.91 Å². The Morgan fingerprint density at radius 2 is 1.88 bits per heavy atom. The molecule has 7 nitrogen and oxygen atoms in total. The molecule has 1 fully saturated rings. The molecule has 0 bridgehead atoms. The largest absolute Gasteiger partial charge is 0.434 e. The topological polar surface area (TPSA) is 76.2 Å². The molecule has 172 valence electrons. The molecule has 0 spiro atoms. The van der Waals surface area contributed by atoms with Crippen LogP contribution in [0.3, 0.4) is 0 Å². The van der Waals surface area contributed by atoms with E-state index in [-0.39, 0.29) is 23.6 Å². The summed E-state index contributed by atoms with van der Waals surface area (Å²) in [5, 5.41) is 10.8. The Balaban J connectivity index is 1.36. The summed E-state index contributed by atoms with van der Waals surface area (Å²) in [5.41, 5.74) is 0.820. The lowest BCUT2D eigenvalue weighted by molar-refractivity contribution is -0.140. The van der Waals surface area contributed by atoms with Crippen molar-refractivity contribution in [2.24, 2.45) is 0 Å². The second-order valence-electron chi connectivity index (χ2n) is 8.12. The van der Waals surface area contributed by atoms with E-state index >= 15 is 0 Å². The number of fused-ring (bicyclic) bond motifs is 1. The summed E-state index contributed by atoms with van der Waals surface area (Å²) >= 11 is 0. The molecule has 4 rings (SSSR count). The molecule has 3 aromatic rings. The molecule has 1 aliphatic rings. The fourth-order valence-electron chi connectivity index (χ4n) is 4.24. The van der Waals surface area contributed by atoms with Crippen LogP contribution in [0, 0.1) is 0 Å². The van der Waals surface area contributed by atoms with Crippen LogP contribution >= 0.6 is 0 Å². The number of amides is 1. The number of anilines is 1. The first kappa shape index (κ1) is 22.2. The molecule has 0 saturated heterocycles. The summed E-state index contributed by atoms with van der Waals surface area (Å²) in [6.07, 6.45) is 0.517. The van der Waals surface area contributed by atoms with Gasteiger partial charge < -0.3 is 10.6 Å². The Kier molecular flexibility index (Phi) is 6.12. The highest BCUT2D eigenvalue weighted by atomic mass is 19.4. The molecule has 1 saturated carbocycles. The first-order chi connectivity index (χ1) is 15.3. The van der Waals surface area contributed by atoms with Gasteiger partial charge in [-0.05, 0) is 57.2 Å². The first-order valence-corrected chi connectivity index (χ1v) is 11.0. The number of imidazole rings is 1. The van der Waals surface area contributed by atoms with E-state index in [9.17, 15) is 18.0 Å². The van der Waals surface area contributed by atoms with Crippen LogP contribution in [0.5, 0.6) is 0 Å². The van der Waals surface area contributed by atoms with Crippen LogP contribution in [0.4, 0.5) is 19.0 Å². The molecule has 1 amide bonds. The molecular formula is C22H27F3N6O. The van der Waals surface area contributed by atoms with Crippen LogP contribution in [-0.2, 0) is 19.1 Å². The highest BCUT2D eigenvalue weighted by molar-refractivity contribution is 5.92. The van der Waals surface area contributed by atoms with Gasteiger partial charge in [0.05, 0.1) is 0 Å². The van der Waals surface area contributed by atoms with Crippen molar-refractivity contribution in [1.29, 1.82) is 0 Å². The minimum absolute atomic E-state index is 0.0540. The number of nitrogens with one attached hydrogen (secondary N) is 2. The third kappa shape index (κ3) is 4.58. The van der Waals surface area contributed by atoms with E-state index in [1.54, 1.807) is 18.2 Å². The van der Waals surface area contributed by atoms with Crippen molar-refractivity contribution in [3.05, 3.63) is 47.5 Å². The number of rotatable bonds is 6. The molecule has 0 aliphatic heterocycles. The van der Waals surface area contributed by atoms with E-state index in [2.05, 4.69) is 20.7 Å². The van der Waals surface area contributed by atoms with Crippen molar-refractivity contribution in [3.8, 4) is 0 Å². The van der Waals surface area contributed by atoms with Gasteiger partial charge in [0.2, 0.25) is 0 Å². The van der Waals surface area contributed by atoms with Crippen molar-refractivity contribution in [1.82, 2.24) is 24.5 Å². The molecule has 3 aromatic heterocycles. The van der Waals surface area contributed by atoms with Gasteiger partial charge in [-0.1, -0.05) is 13.0 Å². The summed E-state index contributed by atoms with van der Waals surface area (Å²) in [6, 6.07) is 6.99. The number of hydrogen-bond acceptors (Lipinski definition) is 4. The molecule has 3 heterocycles. The number of pyridine rings is 1. The normalized spacial score (nSPS) is 19.3. The monoisotopic (exact) mass is 448 g/mol. The summed E-state index contributed by atoms with van der Waals surface area (Å²) in [7, 11) is 0. The number of halogens is 3. The average Bonchev–Trinajstić information content (AvgIpc) is 3.39. The lowest BCUT2D eigenvalue weighted by Crippen LogP contribution is -2.40. The van der Waals surface area contributed by atoms with Gasteiger partial charge in [-0.15, -0.1) is 0 Å². The predicted molar refractivity (Wildman–Crippen MR) is 115 cm³/mol. The minimum atomic E-state index is -4.48. The van der Waals surface area contributed by atoms with Gasteiger partial charge in [0.15, 0.2) is 5.69 Å². The van der Waals surface area contributed by atoms with Crippen LogP contribution in [0.2, 0.25) is 0 Å². The van der Waals surface area contributed by atoms with Gasteiger partial charge in [-0.25, -0.2) is 4.98 Å². The Morgan fingerprint density at radius 1 is 1.16 bits per heavy atom. The van der Waals surface area contributed by atoms with Gasteiger partial charge >= 0.3 is 6.18 Å².